The number of nitrogens with one attached hydrogen (secondary N) is 1. The summed E-state index contributed by atoms with van der Waals surface area (Å²) in [4.78, 5) is 13.3. The number of carbonyl (C=O) groups excluding carboxylic acids is 1. The molecule has 0 aromatic carbocycles. The number of rotatable bonds is 49. The van der Waals surface area contributed by atoms with Crippen LogP contribution in [0, 0.1) is 0 Å². The third kappa shape index (κ3) is 35.1. The van der Waals surface area contributed by atoms with Crippen molar-refractivity contribution in [2.24, 2.45) is 0 Å². The molecule has 9 N–H and O–H groups in total. The fourth-order valence-electron chi connectivity index (χ4n) is 9.72. The molecule has 0 spiro atoms. The van der Waals surface area contributed by atoms with Crippen LogP contribution in [0.15, 0.2) is 97.2 Å². The number of ether oxygens (including phenoxy) is 4. The largest absolute Gasteiger partial charge is 0.394 e. The molecule has 2 rings (SSSR count). The topological polar surface area (TPSA) is 228 Å². The minimum absolute atomic E-state index is 0.258. The van der Waals surface area contributed by atoms with E-state index >= 15 is 0 Å². The zero-order valence-corrected chi connectivity index (χ0v) is 49.5. The van der Waals surface area contributed by atoms with E-state index in [1.165, 1.54) is 109 Å². The van der Waals surface area contributed by atoms with E-state index in [9.17, 15) is 45.6 Å². The maximum atomic E-state index is 13.3. The van der Waals surface area contributed by atoms with Gasteiger partial charge in [-0.05, 0) is 83.5 Å². The normalized spacial score (nSPS) is 24.9. The van der Waals surface area contributed by atoms with E-state index in [1.807, 2.05) is 6.08 Å². The molecule has 2 aliphatic rings. The summed E-state index contributed by atoms with van der Waals surface area (Å²) in [6.45, 7) is 2.66. The average molecular weight is 1130 g/mol. The number of allylic oxidation sites excluding steroid dienone is 15. The van der Waals surface area contributed by atoms with Crippen LogP contribution in [0.1, 0.15) is 219 Å². The second kappa shape index (κ2) is 50.4. The highest BCUT2D eigenvalue weighted by Gasteiger charge is 2.51. The van der Waals surface area contributed by atoms with E-state index in [1.54, 1.807) is 6.08 Å². The van der Waals surface area contributed by atoms with Gasteiger partial charge in [0.25, 0.3) is 0 Å². The molecule has 14 heteroatoms. The van der Waals surface area contributed by atoms with Crippen molar-refractivity contribution in [3.05, 3.63) is 97.2 Å². The van der Waals surface area contributed by atoms with Crippen molar-refractivity contribution >= 4 is 5.91 Å². The second-order valence-corrected chi connectivity index (χ2v) is 21.8. The van der Waals surface area contributed by atoms with Crippen LogP contribution >= 0.6 is 0 Å². The monoisotopic (exact) mass is 1130 g/mol. The molecule has 12 atom stereocenters. The lowest BCUT2D eigenvalue weighted by molar-refractivity contribution is -0.359. The van der Waals surface area contributed by atoms with E-state index in [0.29, 0.717) is 12.8 Å². The molecule has 2 saturated heterocycles. The standard InChI is InChI=1S/C66H113NO13/c1-3-5-7-9-11-13-15-17-19-21-22-23-24-25-26-27-28-29-30-31-32-34-36-38-40-42-44-46-48-50-58(71)67-54(55(70)49-47-45-43-41-39-37-35-33-20-18-16-14-12-10-8-6-4-2)53-77-65-63(76)61(74)64(57(52-69)79-65)80-66-62(75)60(73)59(72)56(51-68)78-66/h5,7,11,13,17,19,22-23,25-26,28-29,39,41,47,49,54-57,59-66,68-70,72-76H,3-4,6,8-10,12,14-16,18,20-21,24,27,30-38,40,42-46,48,50-53H2,1-2H3,(H,67,71)/b7-5-,13-11-,19-17-,23-22-,26-25-,29-28-,41-39+,49-47+. The molecule has 0 radical (unpaired) electrons. The van der Waals surface area contributed by atoms with Gasteiger partial charge in [0.15, 0.2) is 12.6 Å². The van der Waals surface area contributed by atoms with Gasteiger partial charge in [0.2, 0.25) is 5.91 Å². The van der Waals surface area contributed by atoms with Gasteiger partial charge in [-0.1, -0.05) is 227 Å². The molecule has 0 saturated carbocycles. The Morgan fingerprint density at radius 1 is 0.463 bits per heavy atom. The number of aliphatic hydroxyl groups excluding tert-OH is 8. The summed E-state index contributed by atoms with van der Waals surface area (Å²) in [5.74, 6) is -0.258. The minimum atomic E-state index is -1.80. The maximum Gasteiger partial charge on any atom is 0.220 e. The first-order valence-electron chi connectivity index (χ1n) is 31.5. The molecule has 14 nitrogen and oxygen atoms in total. The summed E-state index contributed by atoms with van der Waals surface area (Å²) in [7, 11) is 0. The molecule has 2 aliphatic heterocycles. The third-order valence-electron chi connectivity index (χ3n) is 14.8. The number of hydrogen-bond acceptors (Lipinski definition) is 13. The highest BCUT2D eigenvalue weighted by molar-refractivity contribution is 5.76. The summed E-state index contributed by atoms with van der Waals surface area (Å²) in [5, 5.41) is 87.2. The van der Waals surface area contributed by atoms with Crippen molar-refractivity contribution in [1.29, 1.82) is 0 Å². The molecule has 0 aromatic rings. The van der Waals surface area contributed by atoms with Crippen molar-refractivity contribution in [2.45, 2.75) is 293 Å². The van der Waals surface area contributed by atoms with Gasteiger partial charge in [0.1, 0.15) is 48.8 Å². The molecular weight excluding hydrogens is 1010 g/mol. The molecule has 460 valence electrons. The van der Waals surface area contributed by atoms with Crippen molar-refractivity contribution in [1.82, 2.24) is 5.32 Å². The SMILES string of the molecule is CC/C=C\C/C=C\C/C=C\C/C=C\C/C=C\C/C=C\CCCCCCCCCCCCC(=O)NC(COC1OC(CO)C(OC2OC(CO)C(O)C(O)C2O)C(O)C1O)C(O)/C=C/CC/C=C/CCCCCCCCCCCCC. The first kappa shape index (κ1) is 73.0. The number of hydrogen-bond donors (Lipinski definition) is 9. The Bertz CT molecular complexity index is 1710. The van der Waals surface area contributed by atoms with Gasteiger partial charge in [0, 0.05) is 6.42 Å². The van der Waals surface area contributed by atoms with E-state index in [0.717, 1.165) is 77.0 Å². The molecule has 2 heterocycles. The van der Waals surface area contributed by atoms with Crippen LogP contribution in [0.5, 0.6) is 0 Å². The Balaban J connectivity index is 1.73. The van der Waals surface area contributed by atoms with Crippen molar-refractivity contribution in [2.75, 3.05) is 19.8 Å². The Morgan fingerprint density at radius 3 is 1.38 bits per heavy atom. The highest BCUT2D eigenvalue weighted by atomic mass is 16.7. The van der Waals surface area contributed by atoms with Gasteiger partial charge in [-0.15, -0.1) is 0 Å². The van der Waals surface area contributed by atoms with Gasteiger partial charge in [-0.25, -0.2) is 0 Å². The molecule has 2 fully saturated rings. The molecule has 0 bridgehead atoms. The van der Waals surface area contributed by atoms with Gasteiger partial charge in [-0.3, -0.25) is 4.79 Å². The van der Waals surface area contributed by atoms with Gasteiger partial charge < -0.3 is 65.1 Å². The predicted molar refractivity (Wildman–Crippen MR) is 323 cm³/mol. The predicted octanol–water partition coefficient (Wildman–Crippen LogP) is 11.4. The second-order valence-electron chi connectivity index (χ2n) is 21.8. The number of aliphatic hydroxyl groups is 8. The molecule has 0 aromatic heterocycles. The lowest BCUT2D eigenvalue weighted by Gasteiger charge is -2.46. The van der Waals surface area contributed by atoms with Crippen LogP contribution in [0.2, 0.25) is 0 Å². The first-order valence-corrected chi connectivity index (χ1v) is 31.5. The van der Waals surface area contributed by atoms with Crippen LogP contribution in [0.3, 0.4) is 0 Å². The fraction of sp³-hybridized carbons (Fsp3) is 0.742. The smallest absolute Gasteiger partial charge is 0.220 e. The lowest BCUT2D eigenvalue weighted by Crippen LogP contribution is -2.65. The Labute approximate surface area is 483 Å². The van der Waals surface area contributed by atoms with Crippen LogP contribution in [-0.2, 0) is 23.7 Å². The third-order valence-corrected chi connectivity index (χ3v) is 14.8. The Hall–Kier alpha value is -3.09. The zero-order chi connectivity index (χ0) is 58.1. The van der Waals surface area contributed by atoms with E-state index in [4.69, 9.17) is 18.9 Å². The van der Waals surface area contributed by atoms with Crippen LogP contribution < -0.4 is 5.32 Å². The molecule has 0 aliphatic carbocycles. The summed E-state index contributed by atoms with van der Waals surface area (Å²) >= 11 is 0. The van der Waals surface area contributed by atoms with Crippen LogP contribution in [0.25, 0.3) is 0 Å². The summed E-state index contributed by atoms with van der Waals surface area (Å²) < 4.78 is 22.8. The highest BCUT2D eigenvalue weighted by Crippen LogP contribution is 2.30. The molecular formula is C66H113NO13. The molecule has 12 unspecified atom stereocenters. The fourth-order valence-corrected chi connectivity index (χ4v) is 9.72. The van der Waals surface area contributed by atoms with Crippen molar-refractivity contribution < 1.29 is 64.6 Å². The summed E-state index contributed by atoms with van der Waals surface area (Å²) in [6, 6.07) is -0.940. The van der Waals surface area contributed by atoms with Crippen molar-refractivity contribution in [3.8, 4) is 0 Å². The molecule has 1 amide bonds. The number of amides is 1. The lowest BCUT2D eigenvalue weighted by atomic mass is 9.97. The zero-order valence-electron chi connectivity index (χ0n) is 49.5. The Morgan fingerprint density at radius 2 is 0.875 bits per heavy atom. The summed E-state index contributed by atoms with van der Waals surface area (Å²) in [5.41, 5.74) is 0. The number of unbranched alkanes of at least 4 members (excludes halogenated alkanes) is 22. The molecule has 80 heavy (non-hydrogen) atoms. The van der Waals surface area contributed by atoms with E-state index in [2.05, 4.69) is 104 Å². The van der Waals surface area contributed by atoms with Gasteiger partial charge in [-0.2, -0.15) is 0 Å². The van der Waals surface area contributed by atoms with E-state index in [-0.39, 0.29) is 18.9 Å². The number of carbonyl (C=O) groups is 1. The maximum absolute atomic E-state index is 13.3. The van der Waals surface area contributed by atoms with E-state index < -0.39 is 86.8 Å². The Kier molecular flexibility index (Phi) is 46.0. The van der Waals surface area contributed by atoms with Crippen molar-refractivity contribution in [3.63, 3.8) is 0 Å². The van der Waals surface area contributed by atoms with Gasteiger partial charge >= 0.3 is 0 Å². The van der Waals surface area contributed by atoms with Gasteiger partial charge in [0.05, 0.1) is 32.0 Å². The quantitative estimate of drug-likeness (QED) is 0.0204. The van der Waals surface area contributed by atoms with Crippen LogP contribution in [0.4, 0.5) is 0 Å². The van der Waals surface area contributed by atoms with Crippen LogP contribution in [-0.4, -0.2) is 140 Å². The summed E-state index contributed by atoms with van der Waals surface area (Å²) in [6.07, 6.45) is 53.0. The minimum Gasteiger partial charge on any atom is -0.394 e. The first-order chi connectivity index (χ1) is 39.1. The average Bonchev–Trinajstić information content (AvgIpc) is 3.46.